The average Bonchev–Trinajstić information content (AvgIpc) is 2.72. The van der Waals surface area contributed by atoms with Crippen LogP contribution in [-0.2, 0) is 6.54 Å². The summed E-state index contributed by atoms with van der Waals surface area (Å²) in [5.74, 6) is 1.23. The van der Waals surface area contributed by atoms with Crippen molar-refractivity contribution in [2.45, 2.75) is 19.9 Å². The molecule has 8 heteroatoms. The summed E-state index contributed by atoms with van der Waals surface area (Å²) in [6.07, 6.45) is 0.747. The summed E-state index contributed by atoms with van der Waals surface area (Å²) < 4.78 is 10.5. The molecule has 0 saturated carbocycles. The van der Waals surface area contributed by atoms with Crippen LogP contribution < -0.4 is 15.0 Å². The molecular weight excluding hydrogens is 394 g/mol. The second-order valence-corrected chi connectivity index (χ2v) is 6.94. The number of carbonyl (C=O) groups is 1. The van der Waals surface area contributed by atoms with Gasteiger partial charge in [-0.2, -0.15) is 0 Å². The number of carbonyl (C=O) groups excluding carboxylic acids is 1. The van der Waals surface area contributed by atoms with Crippen LogP contribution in [0.15, 0.2) is 41.2 Å². The number of aromatic nitrogens is 2. The van der Waals surface area contributed by atoms with E-state index in [9.17, 15) is 9.59 Å². The Morgan fingerprint density at radius 2 is 1.83 bits per heavy atom. The standard InChI is InChI=1S/C21H22ClN3O4/c1-4-7-25(21(27)13-8-15(28-2)11-16(9-13)29-3)12-19-23-18-10-14(22)5-6-17(18)20(26)24-19/h5-6,8-11H,4,7,12H2,1-3H3,(H,23,24,26). The van der Waals surface area contributed by atoms with Crippen molar-refractivity contribution in [3.05, 3.63) is 63.2 Å². The Bertz CT molecular complexity index is 1070. The van der Waals surface area contributed by atoms with Gasteiger partial charge < -0.3 is 19.4 Å². The maximum absolute atomic E-state index is 13.2. The van der Waals surface area contributed by atoms with Crippen molar-refractivity contribution in [3.63, 3.8) is 0 Å². The van der Waals surface area contributed by atoms with Gasteiger partial charge in [0.05, 0.1) is 31.7 Å². The molecule has 0 fully saturated rings. The Balaban J connectivity index is 1.95. The quantitative estimate of drug-likeness (QED) is 0.636. The molecule has 0 atom stereocenters. The van der Waals surface area contributed by atoms with Crippen LogP contribution >= 0.6 is 11.6 Å². The highest BCUT2D eigenvalue weighted by Crippen LogP contribution is 2.24. The van der Waals surface area contributed by atoms with E-state index in [-0.39, 0.29) is 18.0 Å². The minimum Gasteiger partial charge on any atom is -0.497 e. The third-order valence-corrected chi connectivity index (χ3v) is 4.67. The lowest BCUT2D eigenvalue weighted by Crippen LogP contribution is -2.32. The second-order valence-electron chi connectivity index (χ2n) is 6.50. The van der Waals surface area contributed by atoms with Crippen molar-refractivity contribution in [1.82, 2.24) is 14.9 Å². The molecule has 0 spiro atoms. The Kier molecular flexibility index (Phi) is 6.39. The van der Waals surface area contributed by atoms with Crippen LogP contribution in [0.5, 0.6) is 11.5 Å². The zero-order valence-corrected chi connectivity index (χ0v) is 17.2. The molecule has 0 aliphatic heterocycles. The fourth-order valence-corrected chi connectivity index (χ4v) is 3.22. The van der Waals surface area contributed by atoms with Crippen LogP contribution in [0.2, 0.25) is 5.02 Å². The van der Waals surface area contributed by atoms with Crippen LogP contribution in [0.1, 0.15) is 29.5 Å². The summed E-state index contributed by atoms with van der Waals surface area (Å²) >= 11 is 6.03. The number of benzene rings is 2. The van der Waals surface area contributed by atoms with Gasteiger partial charge in [0.2, 0.25) is 0 Å². The molecule has 1 aromatic heterocycles. The van der Waals surface area contributed by atoms with Crippen LogP contribution in [0.3, 0.4) is 0 Å². The van der Waals surface area contributed by atoms with Gasteiger partial charge in [0.25, 0.3) is 11.5 Å². The lowest BCUT2D eigenvalue weighted by molar-refractivity contribution is 0.0738. The number of aromatic amines is 1. The SMILES string of the molecule is CCCN(Cc1nc2cc(Cl)ccc2c(=O)[nH]1)C(=O)c1cc(OC)cc(OC)c1. The number of nitrogens with zero attached hydrogens (tertiary/aromatic N) is 2. The lowest BCUT2D eigenvalue weighted by atomic mass is 10.1. The van der Waals surface area contributed by atoms with Crippen molar-refractivity contribution in [2.75, 3.05) is 20.8 Å². The van der Waals surface area contributed by atoms with Crippen LogP contribution in [0.4, 0.5) is 0 Å². The van der Waals surface area contributed by atoms with Gasteiger partial charge in [0.1, 0.15) is 17.3 Å². The number of halogens is 1. The third kappa shape index (κ3) is 4.68. The molecule has 0 radical (unpaired) electrons. The Morgan fingerprint density at radius 3 is 2.45 bits per heavy atom. The fraction of sp³-hybridized carbons (Fsp3) is 0.286. The van der Waals surface area contributed by atoms with Crippen LogP contribution in [0, 0.1) is 0 Å². The maximum Gasteiger partial charge on any atom is 0.258 e. The van der Waals surface area contributed by atoms with Gasteiger partial charge in [0, 0.05) is 23.2 Å². The molecule has 2 aromatic carbocycles. The lowest BCUT2D eigenvalue weighted by Gasteiger charge is -2.22. The summed E-state index contributed by atoms with van der Waals surface area (Å²) in [5.41, 5.74) is 0.651. The van der Waals surface area contributed by atoms with Gasteiger partial charge in [-0.25, -0.2) is 4.98 Å². The van der Waals surface area contributed by atoms with Gasteiger partial charge in [-0.15, -0.1) is 0 Å². The van der Waals surface area contributed by atoms with E-state index in [0.717, 1.165) is 6.42 Å². The number of rotatable bonds is 7. The van der Waals surface area contributed by atoms with Crippen molar-refractivity contribution in [1.29, 1.82) is 0 Å². The van der Waals surface area contributed by atoms with E-state index in [1.54, 1.807) is 41.3 Å². The number of methoxy groups -OCH3 is 2. The van der Waals surface area contributed by atoms with Crippen molar-refractivity contribution in [2.24, 2.45) is 0 Å². The number of ether oxygens (including phenoxy) is 2. The van der Waals surface area contributed by atoms with Crippen molar-refractivity contribution in [3.8, 4) is 11.5 Å². The number of H-pyrrole nitrogens is 1. The fourth-order valence-electron chi connectivity index (χ4n) is 3.05. The molecule has 0 aliphatic carbocycles. The second kappa shape index (κ2) is 8.96. The predicted octanol–water partition coefficient (Wildman–Crippen LogP) is 3.65. The van der Waals surface area contributed by atoms with Crippen LogP contribution in [0.25, 0.3) is 10.9 Å². The van der Waals surface area contributed by atoms with Gasteiger partial charge >= 0.3 is 0 Å². The van der Waals surface area contributed by atoms with E-state index in [1.807, 2.05) is 6.92 Å². The summed E-state index contributed by atoms with van der Waals surface area (Å²) in [6.45, 7) is 2.63. The van der Waals surface area contributed by atoms with Gasteiger partial charge in [-0.1, -0.05) is 18.5 Å². The Hall–Kier alpha value is -3.06. The number of hydrogen-bond donors (Lipinski definition) is 1. The van der Waals surface area contributed by atoms with E-state index in [0.29, 0.717) is 45.4 Å². The molecular formula is C21H22ClN3O4. The minimum atomic E-state index is -0.270. The molecule has 0 aliphatic rings. The topological polar surface area (TPSA) is 84.5 Å². The first-order valence-corrected chi connectivity index (χ1v) is 9.53. The van der Waals surface area contributed by atoms with E-state index in [2.05, 4.69) is 9.97 Å². The molecule has 1 heterocycles. The summed E-state index contributed by atoms with van der Waals surface area (Å²) in [5, 5.41) is 0.940. The van der Waals surface area contributed by atoms with Gasteiger partial charge in [-0.3, -0.25) is 9.59 Å². The highest BCUT2D eigenvalue weighted by atomic mass is 35.5. The first-order chi connectivity index (χ1) is 13.9. The Labute approximate surface area is 173 Å². The highest BCUT2D eigenvalue weighted by molar-refractivity contribution is 6.31. The smallest absolute Gasteiger partial charge is 0.258 e. The van der Waals surface area contributed by atoms with E-state index in [4.69, 9.17) is 21.1 Å². The van der Waals surface area contributed by atoms with E-state index >= 15 is 0 Å². The predicted molar refractivity (Wildman–Crippen MR) is 112 cm³/mol. The summed E-state index contributed by atoms with van der Waals surface area (Å²) in [6, 6.07) is 9.92. The molecule has 1 amide bonds. The molecule has 7 nitrogen and oxygen atoms in total. The molecule has 1 N–H and O–H groups in total. The summed E-state index contributed by atoms with van der Waals surface area (Å²) in [7, 11) is 3.06. The third-order valence-electron chi connectivity index (χ3n) is 4.44. The zero-order valence-electron chi connectivity index (χ0n) is 16.5. The first-order valence-electron chi connectivity index (χ1n) is 9.16. The first kappa shape index (κ1) is 20.7. The van der Waals surface area contributed by atoms with Crippen molar-refractivity contribution < 1.29 is 14.3 Å². The molecule has 0 saturated heterocycles. The molecule has 152 valence electrons. The molecule has 0 unspecified atom stereocenters. The number of fused-ring (bicyclic) bond motifs is 1. The monoisotopic (exact) mass is 415 g/mol. The number of amides is 1. The van der Waals surface area contributed by atoms with Crippen LogP contribution in [-0.4, -0.2) is 41.5 Å². The normalized spacial score (nSPS) is 10.8. The van der Waals surface area contributed by atoms with Gasteiger partial charge in [0.15, 0.2) is 0 Å². The minimum absolute atomic E-state index is 0.157. The highest BCUT2D eigenvalue weighted by Gasteiger charge is 2.19. The molecule has 3 aromatic rings. The Morgan fingerprint density at radius 1 is 1.14 bits per heavy atom. The number of nitrogens with one attached hydrogen (secondary N) is 1. The average molecular weight is 416 g/mol. The van der Waals surface area contributed by atoms with E-state index in [1.165, 1.54) is 14.2 Å². The summed E-state index contributed by atoms with van der Waals surface area (Å²) in [4.78, 5) is 34.4. The largest absolute Gasteiger partial charge is 0.497 e. The molecule has 29 heavy (non-hydrogen) atoms. The molecule has 0 bridgehead atoms. The van der Waals surface area contributed by atoms with Crippen molar-refractivity contribution >= 4 is 28.4 Å². The zero-order chi connectivity index (χ0) is 21.0. The number of hydrogen-bond acceptors (Lipinski definition) is 5. The van der Waals surface area contributed by atoms with E-state index < -0.39 is 0 Å². The maximum atomic E-state index is 13.2. The van der Waals surface area contributed by atoms with Gasteiger partial charge in [-0.05, 0) is 36.8 Å². The molecule has 3 rings (SSSR count).